The van der Waals surface area contributed by atoms with Gasteiger partial charge in [-0.2, -0.15) is 0 Å². The highest BCUT2D eigenvalue weighted by Gasteiger charge is 2.51. The molecule has 1 unspecified atom stereocenters. The van der Waals surface area contributed by atoms with E-state index in [4.69, 9.17) is 4.74 Å². The number of carbonyl (C=O) groups excluding carboxylic acids is 2. The fraction of sp³-hybridized carbons (Fsp3) is 0.750. The number of sulfonamides is 1. The summed E-state index contributed by atoms with van der Waals surface area (Å²) in [5.74, 6) is -0.744. The molecule has 24 heavy (non-hydrogen) atoms. The lowest BCUT2D eigenvalue weighted by atomic mass is 9.83. The predicted octanol–water partition coefficient (Wildman–Crippen LogP) is 0.959. The zero-order valence-electron chi connectivity index (χ0n) is 14.7. The molecule has 0 aromatic carbocycles. The zero-order valence-corrected chi connectivity index (χ0v) is 15.5. The van der Waals surface area contributed by atoms with Crippen LogP contribution in [0, 0.1) is 0 Å². The van der Waals surface area contributed by atoms with Crippen LogP contribution in [0.1, 0.15) is 47.0 Å². The number of carbonyl (C=O) groups is 2. The van der Waals surface area contributed by atoms with Crippen LogP contribution < -0.4 is 5.32 Å². The summed E-state index contributed by atoms with van der Waals surface area (Å²) in [6, 6.07) is -0.00823. The summed E-state index contributed by atoms with van der Waals surface area (Å²) >= 11 is 0. The van der Waals surface area contributed by atoms with Crippen LogP contribution in [-0.2, 0) is 24.3 Å². The Balaban J connectivity index is 2.24. The highest BCUT2D eigenvalue weighted by Crippen LogP contribution is 2.41. The normalized spacial score (nSPS) is 22.6. The lowest BCUT2D eigenvalue weighted by Gasteiger charge is -2.38. The molecule has 0 aliphatic carbocycles. The van der Waals surface area contributed by atoms with E-state index in [-0.39, 0.29) is 30.8 Å². The van der Waals surface area contributed by atoms with Crippen molar-refractivity contribution in [2.24, 2.45) is 0 Å². The lowest BCUT2D eigenvalue weighted by molar-refractivity contribution is -0.150. The summed E-state index contributed by atoms with van der Waals surface area (Å²) in [6.07, 6.45) is 1.39. The average molecular weight is 358 g/mol. The van der Waals surface area contributed by atoms with Crippen molar-refractivity contribution in [2.45, 2.75) is 58.6 Å². The summed E-state index contributed by atoms with van der Waals surface area (Å²) in [7, 11) is -3.28. The molecule has 1 spiro atoms. The molecule has 0 saturated carbocycles. The number of piperidine rings is 1. The van der Waals surface area contributed by atoms with E-state index in [9.17, 15) is 18.0 Å². The third kappa shape index (κ3) is 3.35. The molecule has 0 bridgehead atoms. The van der Waals surface area contributed by atoms with Crippen LogP contribution in [0.3, 0.4) is 0 Å². The molecule has 7 nitrogen and oxygen atoms in total. The van der Waals surface area contributed by atoms with E-state index in [2.05, 4.69) is 5.32 Å². The van der Waals surface area contributed by atoms with Crippen molar-refractivity contribution in [3.63, 3.8) is 0 Å². The van der Waals surface area contributed by atoms with E-state index < -0.39 is 21.6 Å². The average Bonchev–Trinajstić information content (AvgIpc) is 2.78. The summed E-state index contributed by atoms with van der Waals surface area (Å²) in [4.78, 5) is 24.7. The fourth-order valence-electron chi connectivity index (χ4n) is 3.18. The van der Waals surface area contributed by atoms with Gasteiger partial charge >= 0.3 is 5.97 Å². The second-order valence-corrected chi connectivity index (χ2v) is 8.72. The van der Waals surface area contributed by atoms with E-state index in [1.807, 2.05) is 13.8 Å². The Morgan fingerprint density at radius 2 is 1.92 bits per heavy atom. The largest absolute Gasteiger partial charge is 0.450 e. The molecule has 0 aromatic rings. The van der Waals surface area contributed by atoms with Crippen molar-refractivity contribution in [1.82, 2.24) is 9.62 Å². The van der Waals surface area contributed by atoms with Crippen LogP contribution in [-0.4, -0.2) is 55.1 Å². The van der Waals surface area contributed by atoms with Crippen LogP contribution in [0.25, 0.3) is 0 Å². The van der Waals surface area contributed by atoms with Gasteiger partial charge in [0.25, 0.3) is 5.91 Å². The maximum absolute atomic E-state index is 12.6. The Hall–Kier alpha value is -1.41. The molecule has 0 radical (unpaired) electrons. The molecule has 1 saturated heterocycles. The van der Waals surface area contributed by atoms with Gasteiger partial charge in [0, 0.05) is 37.5 Å². The van der Waals surface area contributed by atoms with Crippen LogP contribution in [0.4, 0.5) is 0 Å². The molecule has 2 heterocycles. The molecule has 2 rings (SSSR count). The Kier molecular flexibility index (Phi) is 5.39. The van der Waals surface area contributed by atoms with Crippen LogP contribution >= 0.6 is 0 Å². The molecule has 0 aromatic heterocycles. The highest BCUT2D eigenvalue weighted by atomic mass is 32.2. The number of ether oxygens (including phenoxy) is 1. The first-order valence-electron chi connectivity index (χ1n) is 8.40. The van der Waals surface area contributed by atoms with Crippen molar-refractivity contribution in [2.75, 3.05) is 18.8 Å². The third-order valence-corrected chi connectivity index (χ3v) is 6.81. The second-order valence-electron chi connectivity index (χ2n) is 6.47. The van der Waals surface area contributed by atoms with Gasteiger partial charge in [-0.3, -0.25) is 4.79 Å². The summed E-state index contributed by atoms with van der Waals surface area (Å²) < 4.78 is 31.0. The zero-order chi connectivity index (χ0) is 18.1. The molecule has 2 aliphatic heterocycles. The SMILES string of the molecule is CCC(C)NC(=O)C1=C(C)C(=O)OC12CCN(S(=O)(=O)CC)CC2. The number of esters is 1. The van der Waals surface area contributed by atoms with Crippen molar-refractivity contribution in [3.05, 3.63) is 11.1 Å². The van der Waals surface area contributed by atoms with E-state index >= 15 is 0 Å². The van der Waals surface area contributed by atoms with Crippen LogP contribution in [0.5, 0.6) is 0 Å². The van der Waals surface area contributed by atoms with E-state index in [0.29, 0.717) is 24.0 Å². The Labute approximate surface area is 143 Å². The second kappa shape index (κ2) is 6.84. The van der Waals surface area contributed by atoms with Gasteiger partial charge in [0.05, 0.1) is 11.3 Å². The Bertz CT molecular complexity index is 660. The van der Waals surface area contributed by atoms with Gasteiger partial charge in [-0.15, -0.1) is 0 Å². The van der Waals surface area contributed by atoms with Crippen LogP contribution in [0.15, 0.2) is 11.1 Å². The van der Waals surface area contributed by atoms with Crippen molar-refractivity contribution in [3.8, 4) is 0 Å². The maximum atomic E-state index is 12.6. The van der Waals surface area contributed by atoms with E-state index in [1.54, 1.807) is 13.8 Å². The third-order valence-electron chi connectivity index (χ3n) is 4.93. The number of hydrogen-bond acceptors (Lipinski definition) is 5. The summed E-state index contributed by atoms with van der Waals surface area (Å²) in [5, 5.41) is 2.89. The highest BCUT2D eigenvalue weighted by molar-refractivity contribution is 7.89. The smallest absolute Gasteiger partial charge is 0.335 e. The van der Waals surface area contributed by atoms with Crippen molar-refractivity contribution in [1.29, 1.82) is 0 Å². The van der Waals surface area contributed by atoms with Gasteiger partial charge in [-0.1, -0.05) is 6.92 Å². The molecular weight excluding hydrogens is 332 g/mol. The van der Waals surface area contributed by atoms with Gasteiger partial charge < -0.3 is 10.1 Å². The minimum Gasteiger partial charge on any atom is -0.450 e. The van der Waals surface area contributed by atoms with Gasteiger partial charge in [0.2, 0.25) is 10.0 Å². The molecule has 1 amide bonds. The van der Waals surface area contributed by atoms with Gasteiger partial charge in [-0.05, 0) is 27.2 Å². The Morgan fingerprint density at radius 3 is 2.42 bits per heavy atom. The first kappa shape index (κ1) is 18.9. The molecule has 8 heteroatoms. The molecule has 1 N–H and O–H groups in total. The van der Waals surface area contributed by atoms with Crippen LogP contribution in [0.2, 0.25) is 0 Å². The number of amides is 1. The minimum atomic E-state index is -3.28. The number of hydrogen-bond donors (Lipinski definition) is 1. The molecule has 136 valence electrons. The summed E-state index contributed by atoms with van der Waals surface area (Å²) in [5.41, 5.74) is -0.317. The fourth-order valence-corrected chi connectivity index (χ4v) is 4.29. The Morgan fingerprint density at radius 1 is 1.33 bits per heavy atom. The minimum absolute atomic E-state index is 0.00823. The van der Waals surface area contributed by atoms with Gasteiger partial charge in [-0.25, -0.2) is 17.5 Å². The number of nitrogens with zero attached hydrogens (tertiary/aromatic N) is 1. The molecular formula is C16H26N2O5S. The van der Waals surface area contributed by atoms with E-state index in [1.165, 1.54) is 4.31 Å². The molecule has 1 fully saturated rings. The standard InChI is InChI=1S/C16H26N2O5S/c1-5-11(3)17-14(19)13-12(4)15(20)23-16(13)7-9-18(10-8-16)24(21,22)6-2/h11H,5-10H2,1-4H3,(H,17,19). The number of nitrogens with one attached hydrogen (secondary N) is 1. The first-order chi connectivity index (χ1) is 11.2. The van der Waals surface area contributed by atoms with Crippen molar-refractivity contribution >= 4 is 21.9 Å². The van der Waals surface area contributed by atoms with Gasteiger partial charge in [0.1, 0.15) is 5.60 Å². The number of rotatable bonds is 5. The topological polar surface area (TPSA) is 92.8 Å². The quantitative estimate of drug-likeness (QED) is 0.739. The maximum Gasteiger partial charge on any atom is 0.335 e. The molecule has 1 atom stereocenters. The van der Waals surface area contributed by atoms with E-state index in [0.717, 1.165) is 6.42 Å². The monoisotopic (exact) mass is 358 g/mol. The summed E-state index contributed by atoms with van der Waals surface area (Å²) in [6.45, 7) is 7.55. The molecule has 2 aliphatic rings. The van der Waals surface area contributed by atoms with Gasteiger partial charge in [0.15, 0.2) is 0 Å². The predicted molar refractivity (Wildman–Crippen MR) is 89.7 cm³/mol. The van der Waals surface area contributed by atoms with Crippen molar-refractivity contribution < 1.29 is 22.7 Å². The lowest BCUT2D eigenvalue weighted by Crippen LogP contribution is -2.51. The first-order valence-corrected chi connectivity index (χ1v) is 10.0.